The van der Waals surface area contributed by atoms with Gasteiger partial charge in [-0.05, 0) is 24.5 Å². The molecule has 0 radical (unpaired) electrons. The van der Waals surface area contributed by atoms with Gasteiger partial charge in [0.25, 0.3) is 0 Å². The normalized spacial score (nSPS) is 17.2. The zero-order chi connectivity index (χ0) is 15.9. The van der Waals surface area contributed by atoms with Gasteiger partial charge in [0.15, 0.2) is 0 Å². The molecule has 22 heavy (non-hydrogen) atoms. The van der Waals surface area contributed by atoms with Crippen LogP contribution in [0.25, 0.3) is 0 Å². The van der Waals surface area contributed by atoms with E-state index in [2.05, 4.69) is 29.8 Å². The zero-order valence-corrected chi connectivity index (χ0v) is 13.0. The lowest BCUT2D eigenvalue weighted by Crippen LogP contribution is -2.39. The highest BCUT2D eigenvalue weighted by atomic mass is 16.5. The highest BCUT2D eigenvalue weighted by molar-refractivity contribution is 5.90. The first-order chi connectivity index (χ1) is 10.5. The van der Waals surface area contributed by atoms with Crippen LogP contribution < -0.4 is 20.7 Å². The number of hydrogen-bond acceptors (Lipinski definition) is 3. The van der Waals surface area contributed by atoms with Crippen molar-refractivity contribution in [3.63, 3.8) is 0 Å². The number of carbonyl (C=O) groups is 2. The number of nitrogens with one attached hydrogen (secondary N) is 3. The molecule has 0 bridgehead atoms. The molecule has 1 heterocycles. The molecule has 1 saturated heterocycles. The first-order valence-corrected chi connectivity index (χ1v) is 7.60. The van der Waals surface area contributed by atoms with Crippen molar-refractivity contribution in [1.29, 1.82) is 0 Å². The summed E-state index contributed by atoms with van der Waals surface area (Å²) in [6.45, 7) is 5.43. The Bertz CT molecular complexity index is 531. The molecule has 0 aromatic heterocycles. The topological polar surface area (TPSA) is 79.5 Å². The molecule has 6 heteroatoms. The van der Waals surface area contributed by atoms with E-state index in [1.807, 2.05) is 12.1 Å². The molecular weight excluding hydrogens is 282 g/mol. The van der Waals surface area contributed by atoms with Crippen LogP contribution in [0.4, 0.5) is 10.5 Å². The van der Waals surface area contributed by atoms with Crippen molar-refractivity contribution in [3.05, 3.63) is 24.3 Å². The lowest BCUT2D eigenvalue weighted by molar-refractivity contribution is -0.119. The summed E-state index contributed by atoms with van der Waals surface area (Å²) in [6.07, 6.45) is 1.31. The number of benzene rings is 1. The average Bonchev–Trinajstić information content (AvgIpc) is 2.84. The fourth-order valence-electron chi connectivity index (χ4n) is 2.14. The fourth-order valence-corrected chi connectivity index (χ4v) is 2.14. The molecule has 1 aliphatic rings. The summed E-state index contributed by atoms with van der Waals surface area (Å²) in [6, 6.07) is 6.81. The van der Waals surface area contributed by atoms with Gasteiger partial charge in [0, 0.05) is 24.7 Å². The highest BCUT2D eigenvalue weighted by Crippen LogP contribution is 2.18. The molecule has 1 aromatic carbocycles. The Labute approximate surface area is 130 Å². The first-order valence-electron chi connectivity index (χ1n) is 7.60. The van der Waals surface area contributed by atoms with Crippen molar-refractivity contribution in [3.8, 4) is 5.75 Å². The number of anilines is 1. The quantitative estimate of drug-likeness (QED) is 0.753. The summed E-state index contributed by atoms with van der Waals surface area (Å²) in [5.74, 6) is 1.29. The minimum absolute atomic E-state index is 0.0363. The average molecular weight is 305 g/mol. The third kappa shape index (κ3) is 5.27. The predicted molar refractivity (Wildman–Crippen MR) is 85.0 cm³/mol. The summed E-state index contributed by atoms with van der Waals surface area (Å²) in [4.78, 5) is 23.0. The van der Waals surface area contributed by atoms with Crippen molar-refractivity contribution >= 4 is 17.6 Å². The van der Waals surface area contributed by atoms with Crippen LogP contribution in [0, 0.1) is 5.92 Å². The molecule has 0 saturated carbocycles. The smallest absolute Gasteiger partial charge is 0.319 e. The van der Waals surface area contributed by atoms with E-state index in [0.29, 0.717) is 31.2 Å². The van der Waals surface area contributed by atoms with Crippen LogP contribution in [0.2, 0.25) is 0 Å². The zero-order valence-electron chi connectivity index (χ0n) is 13.0. The largest absolute Gasteiger partial charge is 0.494 e. The van der Waals surface area contributed by atoms with E-state index in [-0.39, 0.29) is 18.0 Å². The molecular formula is C16H23N3O3. The summed E-state index contributed by atoms with van der Waals surface area (Å²) >= 11 is 0. The molecule has 1 atom stereocenters. The molecule has 0 spiro atoms. The predicted octanol–water partition coefficient (Wildman–Crippen LogP) is 2.12. The van der Waals surface area contributed by atoms with Crippen LogP contribution in [0.15, 0.2) is 24.3 Å². The van der Waals surface area contributed by atoms with Gasteiger partial charge in [-0.15, -0.1) is 0 Å². The minimum Gasteiger partial charge on any atom is -0.494 e. The van der Waals surface area contributed by atoms with Crippen molar-refractivity contribution in [2.45, 2.75) is 32.7 Å². The van der Waals surface area contributed by atoms with Gasteiger partial charge < -0.3 is 20.7 Å². The second-order valence-electron chi connectivity index (χ2n) is 5.86. The number of rotatable bonds is 6. The summed E-state index contributed by atoms with van der Waals surface area (Å²) in [5, 5.41) is 8.19. The summed E-state index contributed by atoms with van der Waals surface area (Å²) < 4.78 is 5.66. The van der Waals surface area contributed by atoms with E-state index >= 15 is 0 Å². The number of amides is 3. The third-order valence-corrected chi connectivity index (χ3v) is 3.37. The molecule has 1 aliphatic heterocycles. The Kier molecular flexibility index (Phi) is 5.63. The molecule has 120 valence electrons. The number of urea groups is 1. The van der Waals surface area contributed by atoms with Crippen molar-refractivity contribution in [2.24, 2.45) is 5.92 Å². The molecule has 0 aliphatic carbocycles. The lowest BCUT2D eigenvalue weighted by Gasteiger charge is -2.13. The van der Waals surface area contributed by atoms with Gasteiger partial charge in [-0.3, -0.25) is 4.79 Å². The van der Waals surface area contributed by atoms with Gasteiger partial charge in [-0.2, -0.15) is 0 Å². The lowest BCUT2D eigenvalue weighted by atomic mass is 10.1. The fraction of sp³-hybridized carbons (Fsp3) is 0.500. The standard InChI is InChI=1S/C16H23N3O3/c1-11(2)6-7-22-14-5-3-4-12(8-14)18-16(21)19-13-9-15(20)17-10-13/h3-5,8,11,13H,6-7,9-10H2,1-2H3,(H,17,20)(H2,18,19,21)/t13-/m1/s1. The first kappa shape index (κ1) is 16.1. The maximum absolute atomic E-state index is 11.9. The van der Waals surface area contributed by atoms with E-state index in [1.165, 1.54) is 0 Å². The van der Waals surface area contributed by atoms with E-state index in [4.69, 9.17) is 4.74 Å². The van der Waals surface area contributed by atoms with Crippen LogP contribution in [0.1, 0.15) is 26.7 Å². The second kappa shape index (κ2) is 7.68. The van der Waals surface area contributed by atoms with Crippen molar-refractivity contribution in [1.82, 2.24) is 10.6 Å². The number of carbonyl (C=O) groups excluding carboxylic acids is 2. The number of ether oxygens (including phenoxy) is 1. The Balaban J connectivity index is 1.81. The number of hydrogen-bond donors (Lipinski definition) is 3. The molecule has 2 rings (SSSR count). The van der Waals surface area contributed by atoms with Crippen molar-refractivity contribution < 1.29 is 14.3 Å². The summed E-state index contributed by atoms with van der Waals surface area (Å²) in [7, 11) is 0. The van der Waals surface area contributed by atoms with Gasteiger partial charge >= 0.3 is 6.03 Å². The Hall–Kier alpha value is -2.24. The molecule has 3 amide bonds. The molecule has 6 nitrogen and oxygen atoms in total. The molecule has 1 aromatic rings. The minimum atomic E-state index is -0.319. The van der Waals surface area contributed by atoms with Gasteiger partial charge in [-0.1, -0.05) is 19.9 Å². The highest BCUT2D eigenvalue weighted by Gasteiger charge is 2.22. The second-order valence-corrected chi connectivity index (χ2v) is 5.86. The molecule has 3 N–H and O–H groups in total. The Morgan fingerprint density at radius 2 is 2.27 bits per heavy atom. The third-order valence-electron chi connectivity index (χ3n) is 3.37. The van der Waals surface area contributed by atoms with Crippen LogP contribution in [-0.4, -0.2) is 31.1 Å². The van der Waals surface area contributed by atoms with Gasteiger partial charge in [0.1, 0.15) is 5.75 Å². The van der Waals surface area contributed by atoms with Crippen LogP contribution >= 0.6 is 0 Å². The maximum atomic E-state index is 11.9. The van der Waals surface area contributed by atoms with E-state index in [9.17, 15) is 9.59 Å². The van der Waals surface area contributed by atoms with E-state index < -0.39 is 0 Å². The van der Waals surface area contributed by atoms with E-state index in [0.717, 1.165) is 12.2 Å². The monoisotopic (exact) mass is 305 g/mol. The Morgan fingerprint density at radius 1 is 1.45 bits per heavy atom. The Morgan fingerprint density at radius 3 is 2.95 bits per heavy atom. The van der Waals surface area contributed by atoms with Gasteiger partial charge in [-0.25, -0.2) is 4.79 Å². The SMILES string of the molecule is CC(C)CCOc1cccc(NC(=O)N[C@H]2CNC(=O)C2)c1. The van der Waals surface area contributed by atoms with Crippen LogP contribution in [-0.2, 0) is 4.79 Å². The molecule has 1 fully saturated rings. The molecule has 0 unspecified atom stereocenters. The van der Waals surface area contributed by atoms with Crippen LogP contribution in [0.5, 0.6) is 5.75 Å². The maximum Gasteiger partial charge on any atom is 0.319 e. The van der Waals surface area contributed by atoms with Crippen molar-refractivity contribution in [2.75, 3.05) is 18.5 Å². The van der Waals surface area contributed by atoms with Gasteiger partial charge in [0.2, 0.25) is 5.91 Å². The van der Waals surface area contributed by atoms with E-state index in [1.54, 1.807) is 12.1 Å². The summed E-state index contributed by atoms with van der Waals surface area (Å²) in [5.41, 5.74) is 0.664. The van der Waals surface area contributed by atoms with Crippen LogP contribution in [0.3, 0.4) is 0 Å². The van der Waals surface area contributed by atoms with Gasteiger partial charge in [0.05, 0.1) is 12.6 Å².